The van der Waals surface area contributed by atoms with E-state index in [1.165, 1.54) is 0 Å². The van der Waals surface area contributed by atoms with Crippen molar-refractivity contribution in [2.45, 2.75) is 26.4 Å². The van der Waals surface area contributed by atoms with E-state index in [1.54, 1.807) is 29.5 Å². The second-order valence-electron chi connectivity index (χ2n) is 5.87. The maximum Gasteiger partial charge on any atom is 0.225 e. The van der Waals surface area contributed by atoms with Crippen LogP contribution < -0.4 is 10.1 Å². The predicted octanol–water partition coefficient (Wildman–Crippen LogP) is 1.74. The molecule has 132 valence electrons. The molecular formula is C18H21N3O4. The standard InChI is InChI=1S/C18H21N3O4/c1-2-24-18-13(5-3-7-19-18)10-20-17(23)14-9-16(22)21(11-14)12-15-6-4-8-25-15/h3-8,14H,2,9-12H2,1H3,(H,20,23). The number of carbonyl (C=O) groups is 2. The summed E-state index contributed by atoms with van der Waals surface area (Å²) in [6, 6.07) is 7.26. The predicted molar refractivity (Wildman–Crippen MR) is 89.5 cm³/mol. The van der Waals surface area contributed by atoms with Gasteiger partial charge in [0.05, 0.1) is 25.3 Å². The Morgan fingerprint density at radius 2 is 2.32 bits per heavy atom. The maximum absolute atomic E-state index is 12.4. The van der Waals surface area contributed by atoms with Crippen LogP contribution in [-0.2, 0) is 22.7 Å². The SMILES string of the molecule is CCOc1ncccc1CNC(=O)C1CC(=O)N(Cc2ccco2)C1. The smallest absolute Gasteiger partial charge is 0.225 e. The molecule has 0 bridgehead atoms. The summed E-state index contributed by atoms with van der Waals surface area (Å²) in [5, 5.41) is 2.88. The molecule has 1 atom stereocenters. The van der Waals surface area contributed by atoms with Crippen molar-refractivity contribution in [3.8, 4) is 5.88 Å². The zero-order chi connectivity index (χ0) is 17.6. The number of ether oxygens (including phenoxy) is 1. The van der Waals surface area contributed by atoms with Gasteiger partial charge in [0.1, 0.15) is 5.76 Å². The van der Waals surface area contributed by atoms with Crippen LogP contribution in [0.4, 0.5) is 0 Å². The second-order valence-corrected chi connectivity index (χ2v) is 5.87. The fraction of sp³-hybridized carbons (Fsp3) is 0.389. The van der Waals surface area contributed by atoms with Gasteiger partial charge < -0.3 is 19.4 Å². The number of carbonyl (C=O) groups excluding carboxylic acids is 2. The minimum Gasteiger partial charge on any atom is -0.478 e. The molecule has 7 heteroatoms. The topological polar surface area (TPSA) is 84.7 Å². The molecule has 1 N–H and O–H groups in total. The summed E-state index contributed by atoms with van der Waals surface area (Å²) < 4.78 is 10.7. The van der Waals surface area contributed by atoms with Crippen molar-refractivity contribution >= 4 is 11.8 Å². The van der Waals surface area contributed by atoms with E-state index in [9.17, 15) is 9.59 Å². The molecule has 1 aliphatic rings. The van der Waals surface area contributed by atoms with Crippen LogP contribution in [-0.4, -0.2) is 34.8 Å². The lowest BCUT2D eigenvalue weighted by molar-refractivity contribution is -0.129. The lowest BCUT2D eigenvalue weighted by Crippen LogP contribution is -2.32. The monoisotopic (exact) mass is 343 g/mol. The van der Waals surface area contributed by atoms with E-state index in [0.717, 1.165) is 5.56 Å². The zero-order valence-corrected chi connectivity index (χ0v) is 14.1. The first-order valence-electron chi connectivity index (χ1n) is 8.32. The average molecular weight is 343 g/mol. The van der Waals surface area contributed by atoms with Gasteiger partial charge in [0.25, 0.3) is 0 Å². The van der Waals surface area contributed by atoms with Gasteiger partial charge in [0, 0.05) is 31.3 Å². The summed E-state index contributed by atoms with van der Waals surface area (Å²) >= 11 is 0. The number of likely N-dealkylation sites (tertiary alicyclic amines) is 1. The van der Waals surface area contributed by atoms with Crippen molar-refractivity contribution < 1.29 is 18.7 Å². The van der Waals surface area contributed by atoms with Gasteiger partial charge in [0.15, 0.2) is 0 Å². The van der Waals surface area contributed by atoms with Gasteiger partial charge in [-0.1, -0.05) is 6.07 Å². The van der Waals surface area contributed by atoms with E-state index < -0.39 is 0 Å². The Morgan fingerprint density at radius 1 is 1.44 bits per heavy atom. The molecule has 1 aliphatic heterocycles. The van der Waals surface area contributed by atoms with E-state index in [2.05, 4.69) is 10.3 Å². The highest BCUT2D eigenvalue weighted by Crippen LogP contribution is 2.21. The molecule has 0 aromatic carbocycles. The molecule has 1 unspecified atom stereocenters. The molecule has 1 saturated heterocycles. The van der Waals surface area contributed by atoms with Gasteiger partial charge in [0.2, 0.25) is 17.7 Å². The number of furan rings is 1. The molecule has 2 aromatic rings. The van der Waals surface area contributed by atoms with E-state index in [1.807, 2.05) is 19.1 Å². The molecule has 0 aliphatic carbocycles. The van der Waals surface area contributed by atoms with Crippen LogP contribution in [0.1, 0.15) is 24.7 Å². The Labute approximate surface area is 146 Å². The second kappa shape index (κ2) is 7.83. The number of hydrogen-bond acceptors (Lipinski definition) is 5. The Balaban J connectivity index is 1.54. The number of rotatable bonds is 7. The Kier molecular flexibility index (Phi) is 5.33. The third-order valence-corrected chi connectivity index (χ3v) is 4.10. The van der Waals surface area contributed by atoms with Crippen molar-refractivity contribution in [3.05, 3.63) is 48.0 Å². The zero-order valence-electron chi connectivity index (χ0n) is 14.1. The van der Waals surface area contributed by atoms with Gasteiger partial charge in [-0.2, -0.15) is 0 Å². The number of hydrogen-bond donors (Lipinski definition) is 1. The summed E-state index contributed by atoms with van der Waals surface area (Å²) in [5.74, 6) is 0.711. The van der Waals surface area contributed by atoms with Gasteiger partial charge >= 0.3 is 0 Å². The minimum absolute atomic E-state index is 0.0343. The highest BCUT2D eigenvalue weighted by Gasteiger charge is 2.34. The molecule has 0 saturated carbocycles. The largest absolute Gasteiger partial charge is 0.478 e. The van der Waals surface area contributed by atoms with Crippen LogP contribution in [0, 0.1) is 5.92 Å². The van der Waals surface area contributed by atoms with Crippen LogP contribution in [0.3, 0.4) is 0 Å². The summed E-state index contributed by atoms with van der Waals surface area (Å²) in [7, 11) is 0. The van der Waals surface area contributed by atoms with Crippen molar-refractivity contribution in [3.63, 3.8) is 0 Å². The molecule has 3 heterocycles. The van der Waals surface area contributed by atoms with Crippen LogP contribution >= 0.6 is 0 Å². The lowest BCUT2D eigenvalue weighted by Gasteiger charge is -2.15. The quantitative estimate of drug-likeness (QED) is 0.828. The highest BCUT2D eigenvalue weighted by atomic mass is 16.5. The first kappa shape index (κ1) is 17.0. The Bertz CT molecular complexity index is 730. The highest BCUT2D eigenvalue weighted by molar-refractivity contribution is 5.89. The van der Waals surface area contributed by atoms with Gasteiger partial charge in [-0.15, -0.1) is 0 Å². The van der Waals surface area contributed by atoms with Gasteiger partial charge in [-0.05, 0) is 25.1 Å². The van der Waals surface area contributed by atoms with E-state index in [4.69, 9.17) is 9.15 Å². The Hall–Kier alpha value is -2.83. The molecular weight excluding hydrogens is 322 g/mol. The van der Waals surface area contributed by atoms with Crippen molar-refractivity contribution in [2.75, 3.05) is 13.2 Å². The molecule has 1 fully saturated rings. The summed E-state index contributed by atoms with van der Waals surface area (Å²) in [6.45, 7) is 3.51. The summed E-state index contributed by atoms with van der Waals surface area (Å²) in [6.07, 6.45) is 3.44. The van der Waals surface area contributed by atoms with E-state index in [-0.39, 0.29) is 24.2 Å². The van der Waals surface area contributed by atoms with Gasteiger partial charge in [-0.3, -0.25) is 9.59 Å². The average Bonchev–Trinajstić information content (AvgIpc) is 3.25. The molecule has 0 radical (unpaired) electrons. The summed E-state index contributed by atoms with van der Waals surface area (Å²) in [4.78, 5) is 30.3. The summed E-state index contributed by atoms with van der Waals surface area (Å²) in [5.41, 5.74) is 0.814. The number of amides is 2. The van der Waals surface area contributed by atoms with E-state index in [0.29, 0.717) is 37.9 Å². The van der Waals surface area contributed by atoms with Crippen LogP contribution in [0.2, 0.25) is 0 Å². The number of nitrogens with zero attached hydrogens (tertiary/aromatic N) is 2. The molecule has 25 heavy (non-hydrogen) atoms. The third kappa shape index (κ3) is 4.17. The van der Waals surface area contributed by atoms with Crippen molar-refractivity contribution in [1.82, 2.24) is 15.2 Å². The number of nitrogens with one attached hydrogen (secondary N) is 1. The number of pyridine rings is 1. The first-order valence-corrected chi connectivity index (χ1v) is 8.32. The van der Waals surface area contributed by atoms with Crippen LogP contribution in [0.5, 0.6) is 5.88 Å². The van der Waals surface area contributed by atoms with Crippen molar-refractivity contribution in [2.24, 2.45) is 5.92 Å². The maximum atomic E-state index is 12.4. The van der Waals surface area contributed by atoms with E-state index >= 15 is 0 Å². The molecule has 2 aromatic heterocycles. The fourth-order valence-electron chi connectivity index (χ4n) is 2.84. The minimum atomic E-state index is -0.352. The first-order chi connectivity index (χ1) is 12.2. The third-order valence-electron chi connectivity index (χ3n) is 4.10. The van der Waals surface area contributed by atoms with Gasteiger partial charge in [-0.25, -0.2) is 4.98 Å². The number of aromatic nitrogens is 1. The molecule has 3 rings (SSSR count). The molecule has 2 amide bonds. The Morgan fingerprint density at radius 3 is 3.08 bits per heavy atom. The molecule has 7 nitrogen and oxygen atoms in total. The normalized spacial score (nSPS) is 16.9. The van der Waals surface area contributed by atoms with Crippen LogP contribution in [0.15, 0.2) is 41.1 Å². The fourth-order valence-corrected chi connectivity index (χ4v) is 2.84. The molecule has 0 spiro atoms. The lowest BCUT2D eigenvalue weighted by atomic mass is 10.1. The van der Waals surface area contributed by atoms with Crippen molar-refractivity contribution in [1.29, 1.82) is 0 Å². The van der Waals surface area contributed by atoms with Crippen LogP contribution in [0.25, 0.3) is 0 Å².